The van der Waals surface area contributed by atoms with Crippen molar-refractivity contribution in [3.63, 3.8) is 0 Å². The summed E-state index contributed by atoms with van der Waals surface area (Å²) >= 11 is 0. The fourth-order valence-electron chi connectivity index (χ4n) is 2.82. The van der Waals surface area contributed by atoms with Crippen molar-refractivity contribution in [1.82, 2.24) is 15.1 Å². The highest BCUT2D eigenvalue weighted by atomic mass is 15.2. The molecule has 0 bridgehead atoms. The van der Waals surface area contributed by atoms with Gasteiger partial charge in [0.15, 0.2) is 0 Å². The second-order valence-corrected chi connectivity index (χ2v) is 7.61. The van der Waals surface area contributed by atoms with Crippen LogP contribution in [0.5, 0.6) is 0 Å². The molecule has 1 saturated carbocycles. The lowest BCUT2D eigenvalue weighted by Gasteiger charge is -2.36. The van der Waals surface area contributed by atoms with Crippen molar-refractivity contribution in [3.8, 4) is 6.07 Å². The van der Waals surface area contributed by atoms with Gasteiger partial charge in [0.2, 0.25) is 0 Å². The largest absolute Gasteiger partial charge is 0.308 e. The van der Waals surface area contributed by atoms with Gasteiger partial charge in [-0.2, -0.15) is 5.26 Å². The zero-order chi connectivity index (χ0) is 16.0. The molecule has 0 amide bonds. The molecule has 2 atom stereocenters. The molecule has 1 aliphatic carbocycles. The van der Waals surface area contributed by atoms with Crippen molar-refractivity contribution in [2.24, 2.45) is 5.92 Å². The van der Waals surface area contributed by atoms with E-state index in [1.165, 1.54) is 12.8 Å². The summed E-state index contributed by atoms with van der Waals surface area (Å²) in [6.45, 7) is 12.1. The van der Waals surface area contributed by atoms with Crippen molar-refractivity contribution in [1.29, 1.82) is 5.26 Å². The number of likely N-dealkylation sites (N-methyl/N-ethyl adjacent to an activating group) is 1. The van der Waals surface area contributed by atoms with E-state index < -0.39 is 5.54 Å². The summed E-state index contributed by atoms with van der Waals surface area (Å²) in [5.74, 6) is 0.652. The van der Waals surface area contributed by atoms with Crippen LogP contribution in [0.4, 0.5) is 0 Å². The molecule has 0 aromatic carbocycles. The Morgan fingerprint density at radius 3 is 2.29 bits per heavy atom. The van der Waals surface area contributed by atoms with E-state index in [0.717, 1.165) is 26.1 Å². The summed E-state index contributed by atoms with van der Waals surface area (Å²) in [4.78, 5) is 4.76. The Morgan fingerprint density at radius 1 is 1.24 bits per heavy atom. The van der Waals surface area contributed by atoms with Crippen molar-refractivity contribution in [3.05, 3.63) is 0 Å². The van der Waals surface area contributed by atoms with E-state index >= 15 is 0 Å². The molecule has 1 fully saturated rings. The van der Waals surface area contributed by atoms with Gasteiger partial charge < -0.3 is 4.90 Å². The van der Waals surface area contributed by atoms with E-state index in [4.69, 9.17) is 0 Å². The lowest BCUT2D eigenvalue weighted by molar-refractivity contribution is 0.146. The van der Waals surface area contributed by atoms with Crippen LogP contribution in [0.25, 0.3) is 0 Å². The molecule has 4 nitrogen and oxygen atoms in total. The lowest BCUT2D eigenvalue weighted by atomic mass is 9.93. The van der Waals surface area contributed by atoms with Gasteiger partial charge in [0.25, 0.3) is 0 Å². The van der Waals surface area contributed by atoms with Gasteiger partial charge in [0.05, 0.1) is 6.07 Å². The number of nitrogens with one attached hydrogen (secondary N) is 1. The van der Waals surface area contributed by atoms with Crippen LogP contribution in [-0.2, 0) is 0 Å². The van der Waals surface area contributed by atoms with Crippen molar-refractivity contribution in [2.45, 2.75) is 64.6 Å². The van der Waals surface area contributed by atoms with Crippen LogP contribution in [0.1, 0.15) is 47.0 Å². The Bertz CT molecular complexity index is 343. The summed E-state index contributed by atoms with van der Waals surface area (Å²) in [5.41, 5.74) is -0.395. The van der Waals surface area contributed by atoms with Crippen molar-refractivity contribution in [2.75, 3.05) is 33.7 Å². The van der Waals surface area contributed by atoms with Gasteiger partial charge in [-0.3, -0.25) is 10.2 Å². The summed E-state index contributed by atoms with van der Waals surface area (Å²) in [7, 11) is 4.23. The van der Waals surface area contributed by atoms with Crippen molar-refractivity contribution >= 4 is 0 Å². The van der Waals surface area contributed by atoms with Crippen LogP contribution >= 0.6 is 0 Å². The van der Waals surface area contributed by atoms with E-state index in [0.29, 0.717) is 18.0 Å². The molecule has 0 radical (unpaired) electrons. The fourth-order valence-corrected chi connectivity index (χ4v) is 2.82. The topological polar surface area (TPSA) is 42.3 Å². The molecule has 4 heteroatoms. The number of nitrogens with zero attached hydrogens (tertiary/aromatic N) is 3. The van der Waals surface area contributed by atoms with Crippen LogP contribution in [0.15, 0.2) is 0 Å². The molecule has 1 aliphatic rings. The molecule has 0 saturated heterocycles. The molecule has 0 spiro atoms. The normalized spacial score (nSPS) is 19.8. The first-order valence-corrected chi connectivity index (χ1v) is 8.33. The third kappa shape index (κ3) is 7.26. The number of hydrogen-bond acceptors (Lipinski definition) is 4. The van der Waals surface area contributed by atoms with E-state index in [1.54, 1.807) is 0 Å². The molecule has 0 aromatic rings. The van der Waals surface area contributed by atoms with Crippen molar-refractivity contribution < 1.29 is 0 Å². The van der Waals surface area contributed by atoms with Crippen LogP contribution in [0.2, 0.25) is 0 Å². The standard InChI is InChI=1S/C17H34N4/c1-14(2)12-21(10-9-20(5)6)15(3)11-17(4,13-18)19-16-7-8-16/h14-16,19H,7-12H2,1-6H3. The van der Waals surface area contributed by atoms with Gasteiger partial charge in [-0.05, 0) is 53.1 Å². The maximum absolute atomic E-state index is 9.55. The predicted octanol–water partition coefficient (Wildman–Crippen LogP) is 2.32. The average Bonchev–Trinajstić information content (AvgIpc) is 3.17. The Labute approximate surface area is 131 Å². The zero-order valence-electron chi connectivity index (χ0n) is 14.8. The monoisotopic (exact) mass is 294 g/mol. The molecule has 0 heterocycles. The summed E-state index contributed by atoms with van der Waals surface area (Å²) in [6, 6.07) is 3.50. The Hall–Kier alpha value is -0.630. The Kier molecular flexibility index (Phi) is 7.12. The maximum atomic E-state index is 9.55. The second-order valence-electron chi connectivity index (χ2n) is 7.61. The minimum Gasteiger partial charge on any atom is -0.308 e. The summed E-state index contributed by atoms with van der Waals surface area (Å²) in [5, 5.41) is 13.1. The number of rotatable bonds is 10. The minimum atomic E-state index is -0.395. The van der Waals surface area contributed by atoms with Gasteiger partial charge in [0.1, 0.15) is 5.54 Å². The predicted molar refractivity (Wildman–Crippen MR) is 89.2 cm³/mol. The SMILES string of the molecule is CC(C)CN(CCN(C)C)C(C)CC(C)(C#N)NC1CC1. The van der Waals surface area contributed by atoms with Crippen LogP contribution < -0.4 is 5.32 Å². The minimum absolute atomic E-state index is 0.395. The van der Waals surface area contributed by atoms with Gasteiger partial charge in [-0.15, -0.1) is 0 Å². The first-order valence-electron chi connectivity index (χ1n) is 8.33. The Morgan fingerprint density at radius 2 is 1.86 bits per heavy atom. The van der Waals surface area contributed by atoms with Gasteiger partial charge >= 0.3 is 0 Å². The third-order valence-corrected chi connectivity index (χ3v) is 4.11. The van der Waals surface area contributed by atoms with E-state index in [1.807, 2.05) is 0 Å². The summed E-state index contributed by atoms with van der Waals surface area (Å²) < 4.78 is 0. The van der Waals surface area contributed by atoms with E-state index in [2.05, 4.69) is 63.0 Å². The summed E-state index contributed by atoms with van der Waals surface area (Å²) in [6.07, 6.45) is 3.34. The van der Waals surface area contributed by atoms with Crippen LogP contribution in [-0.4, -0.2) is 61.2 Å². The first kappa shape index (κ1) is 18.4. The maximum Gasteiger partial charge on any atom is 0.105 e. The fraction of sp³-hybridized carbons (Fsp3) is 0.941. The van der Waals surface area contributed by atoms with Gasteiger partial charge in [0, 0.05) is 31.7 Å². The van der Waals surface area contributed by atoms with Crippen LogP contribution in [0.3, 0.4) is 0 Å². The quantitative estimate of drug-likeness (QED) is 0.671. The van der Waals surface area contributed by atoms with Crippen LogP contribution in [0, 0.1) is 17.2 Å². The molecular weight excluding hydrogens is 260 g/mol. The van der Waals surface area contributed by atoms with Gasteiger partial charge in [-0.1, -0.05) is 13.8 Å². The molecule has 21 heavy (non-hydrogen) atoms. The molecule has 1 rings (SSSR count). The molecule has 122 valence electrons. The molecule has 0 aromatic heterocycles. The highest BCUT2D eigenvalue weighted by Crippen LogP contribution is 2.25. The molecule has 1 N–H and O–H groups in total. The second kappa shape index (κ2) is 8.12. The van der Waals surface area contributed by atoms with E-state index in [-0.39, 0.29) is 0 Å². The lowest BCUT2D eigenvalue weighted by Crippen LogP contribution is -2.49. The number of nitriles is 1. The Balaban J connectivity index is 2.59. The molecule has 0 aliphatic heterocycles. The average molecular weight is 294 g/mol. The number of hydrogen-bond donors (Lipinski definition) is 1. The third-order valence-electron chi connectivity index (χ3n) is 4.11. The highest BCUT2D eigenvalue weighted by Gasteiger charge is 2.34. The smallest absolute Gasteiger partial charge is 0.105 e. The van der Waals surface area contributed by atoms with Gasteiger partial charge in [-0.25, -0.2) is 0 Å². The molecular formula is C17H34N4. The van der Waals surface area contributed by atoms with E-state index in [9.17, 15) is 5.26 Å². The first-order chi connectivity index (χ1) is 9.75. The zero-order valence-corrected chi connectivity index (χ0v) is 14.8. The molecule has 2 unspecified atom stereocenters. The highest BCUT2D eigenvalue weighted by molar-refractivity contribution is 5.08.